The molecule has 0 radical (unpaired) electrons. The first-order chi connectivity index (χ1) is 9.09. The molecule has 3 N–H and O–H groups in total. The molecule has 0 spiro atoms. The van der Waals surface area contributed by atoms with Gasteiger partial charge in [-0.3, -0.25) is 9.59 Å². The predicted octanol–water partition coefficient (Wildman–Crippen LogP) is 0.936. The van der Waals surface area contributed by atoms with E-state index in [1.54, 1.807) is 4.90 Å². The number of nitrogens with two attached hydrogens (primary N) is 1. The summed E-state index contributed by atoms with van der Waals surface area (Å²) in [6.45, 7) is 2.40. The number of likely N-dealkylation sites (tertiary alicyclic amines) is 1. The Bertz CT molecular complexity index is 439. The van der Waals surface area contributed by atoms with Crippen molar-refractivity contribution in [2.24, 2.45) is 11.7 Å². The van der Waals surface area contributed by atoms with Crippen LogP contribution in [-0.2, 0) is 9.59 Å². The highest BCUT2D eigenvalue weighted by Gasteiger charge is 2.35. The summed E-state index contributed by atoms with van der Waals surface area (Å²) in [6.07, 6.45) is 0.243. The van der Waals surface area contributed by atoms with Crippen molar-refractivity contribution < 1.29 is 16.1 Å². The lowest BCUT2D eigenvalue weighted by atomic mass is 10.1. The van der Waals surface area contributed by atoms with Crippen molar-refractivity contribution in [2.45, 2.75) is 19.4 Å². The lowest BCUT2D eigenvalue weighted by molar-refractivity contribution is -0.130. The maximum absolute atomic E-state index is 11.8. The van der Waals surface area contributed by atoms with E-state index in [0.29, 0.717) is 6.54 Å². The van der Waals surface area contributed by atoms with Crippen molar-refractivity contribution in [2.75, 3.05) is 13.7 Å². The van der Waals surface area contributed by atoms with E-state index in [-0.39, 0.29) is 31.6 Å². The van der Waals surface area contributed by atoms with Crippen molar-refractivity contribution in [3.63, 3.8) is 0 Å². The summed E-state index contributed by atoms with van der Waals surface area (Å²) in [4.78, 5) is 24.6. The number of rotatable bonds is 3. The number of aliphatic hydroxyl groups excluding tert-OH is 1. The monoisotopic (exact) mass is 266 g/mol. The Labute approximate surface area is 114 Å². The second kappa shape index (κ2) is 6.89. The first-order valence-corrected chi connectivity index (χ1v) is 6.18. The molecule has 0 unspecified atom stereocenters. The van der Waals surface area contributed by atoms with Gasteiger partial charge in [-0.15, -0.1) is 0 Å². The maximum atomic E-state index is 11.8. The predicted molar refractivity (Wildman–Crippen MR) is 74.1 cm³/mol. The van der Waals surface area contributed by atoms with Crippen LogP contribution in [-0.4, -0.2) is 35.5 Å². The molecule has 2 atom stereocenters. The Balaban J connectivity index is 0.00000115. The fourth-order valence-corrected chi connectivity index (χ4v) is 2.21. The Kier molecular flexibility index (Phi) is 5.51. The molecular weight excluding hydrogens is 244 g/mol. The van der Waals surface area contributed by atoms with E-state index < -0.39 is 0 Å². The first-order valence-electron chi connectivity index (χ1n) is 6.18. The number of aliphatic hydroxyl groups is 1. The van der Waals surface area contributed by atoms with Crippen molar-refractivity contribution in [1.29, 1.82) is 0 Å². The zero-order valence-corrected chi connectivity index (χ0v) is 11.2. The smallest absolute Gasteiger partial charge is 0.223 e. The van der Waals surface area contributed by atoms with Gasteiger partial charge in [0.2, 0.25) is 11.8 Å². The molecule has 5 nitrogen and oxygen atoms in total. The van der Waals surface area contributed by atoms with E-state index in [9.17, 15) is 9.59 Å². The first kappa shape index (κ1) is 15.2. The van der Waals surface area contributed by atoms with Crippen molar-refractivity contribution in [1.82, 2.24) is 4.90 Å². The number of nitrogens with zero attached hydrogens (tertiary/aromatic N) is 1. The Morgan fingerprint density at radius 1 is 1.42 bits per heavy atom. The molecule has 5 heteroatoms. The molecule has 19 heavy (non-hydrogen) atoms. The third kappa shape index (κ3) is 3.54. The molecule has 1 aromatic rings. The van der Waals surface area contributed by atoms with Crippen LogP contribution >= 0.6 is 0 Å². The summed E-state index contributed by atoms with van der Waals surface area (Å²) >= 11 is 0. The van der Waals surface area contributed by atoms with Crippen LogP contribution in [0, 0.1) is 5.92 Å². The molecule has 1 heterocycles. The van der Waals surface area contributed by atoms with E-state index in [0.717, 1.165) is 12.7 Å². The van der Waals surface area contributed by atoms with Crippen LogP contribution < -0.4 is 5.73 Å². The minimum absolute atomic E-state index is 0. The molecule has 0 bridgehead atoms. The number of hydrogen-bond acceptors (Lipinski definition) is 3. The highest BCUT2D eigenvalue weighted by Crippen LogP contribution is 2.27. The van der Waals surface area contributed by atoms with Gasteiger partial charge in [0.25, 0.3) is 0 Å². The molecule has 106 valence electrons. The van der Waals surface area contributed by atoms with Crippen molar-refractivity contribution >= 4 is 11.8 Å². The van der Waals surface area contributed by atoms with Crippen LogP contribution in [0.2, 0.25) is 0 Å². The summed E-state index contributed by atoms with van der Waals surface area (Å²) in [5.74, 6) is -0.722. The van der Waals surface area contributed by atoms with Gasteiger partial charge >= 0.3 is 0 Å². The average molecular weight is 266 g/mol. The van der Waals surface area contributed by atoms with E-state index >= 15 is 0 Å². The lowest BCUT2D eigenvalue weighted by Crippen LogP contribution is -2.30. The summed E-state index contributed by atoms with van der Waals surface area (Å²) in [6, 6.07) is 9.78. The van der Waals surface area contributed by atoms with E-state index in [2.05, 4.69) is 0 Å². The number of hydrogen-bond donors (Lipinski definition) is 2. The topological polar surface area (TPSA) is 83.6 Å². The van der Waals surface area contributed by atoms with Crippen LogP contribution in [0.3, 0.4) is 0 Å². The molecule has 2 amide bonds. The Morgan fingerprint density at radius 2 is 2.00 bits per heavy atom. The molecule has 2 rings (SSSR count). The highest BCUT2D eigenvalue weighted by atomic mass is 16.2. The number of benzene rings is 1. The van der Waals surface area contributed by atoms with Gasteiger partial charge in [-0.05, 0) is 12.5 Å². The van der Waals surface area contributed by atoms with Crippen LogP contribution in [0.4, 0.5) is 0 Å². The maximum Gasteiger partial charge on any atom is 0.223 e. The molecule has 0 aliphatic carbocycles. The van der Waals surface area contributed by atoms with Gasteiger partial charge in [0, 0.05) is 21.5 Å². The molecule has 1 saturated heterocycles. The average Bonchev–Trinajstić information content (AvgIpc) is 2.83. The van der Waals surface area contributed by atoms with E-state index in [1.165, 1.54) is 0 Å². The van der Waals surface area contributed by atoms with Crippen LogP contribution in [0.15, 0.2) is 30.3 Å². The van der Waals surface area contributed by atoms with Crippen LogP contribution in [0.1, 0.15) is 26.4 Å². The third-order valence-electron chi connectivity index (χ3n) is 3.31. The quantitative estimate of drug-likeness (QED) is 0.854. The number of carbonyl (C=O) groups excluding carboxylic acids is 2. The zero-order valence-electron chi connectivity index (χ0n) is 11.2. The minimum atomic E-state index is -0.388. The SMILES string of the molecule is CO.C[C@H](c1ccccc1)N1C[C@H](C(N)=O)CC1=O.[HH]. The van der Waals surface area contributed by atoms with Gasteiger partial charge in [0.1, 0.15) is 0 Å². The summed E-state index contributed by atoms with van der Waals surface area (Å²) in [5.41, 5.74) is 6.32. The van der Waals surface area contributed by atoms with Crippen molar-refractivity contribution in [3.05, 3.63) is 35.9 Å². The van der Waals surface area contributed by atoms with Gasteiger partial charge in [-0.25, -0.2) is 0 Å². The lowest BCUT2D eigenvalue weighted by Gasteiger charge is -2.24. The molecular formula is C14H22N2O3. The van der Waals surface area contributed by atoms with E-state index in [1.807, 2.05) is 37.3 Å². The van der Waals surface area contributed by atoms with Gasteiger partial charge in [-0.1, -0.05) is 30.3 Å². The van der Waals surface area contributed by atoms with Gasteiger partial charge < -0.3 is 15.7 Å². The number of primary amides is 1. The Hall–Kier alpha value is -1.88. The van der Waals surface area contributed by atoms with Crippen LogP contribution in [0.25, 0.3) is 0 Å². The molecule has 1 aliphatic rings. The van der Waals surface area contributed by atoms with E-state index in [4.69, 9.17) is 10.8 Å². The Morgan fingerprint density at radius 3 is 2.47 bits per heavy atom. The van der Waals surface area contributed by atoms with Gasteiger partial charge in [-0.2, -0.15) is 0 Å². The summed E-state index contributed by atoms with van der Waals surface area (Å²) in [7, 11) is 1.00. The second-order valence-electron chi connectivity index (χ2n) is 4.44. The number of amides is 2. The van der Waals surface area contributed by atoms with Crippen molar-refractivity contribution in [3.8, 4) is 0 Å². The fraction of sp³-hybridized carbons (Fsp3) is 0.429. The summed E-state index contributed by atoms with van der Waals surface area (Å²) < 4.78 is 0. The largest absolute Gasteiger partial charge is 0.400 e. The standard InChI is InChI=1S/C13H16N2O2.CH4O.H2/c1-9(10-5-3-2-4-6-10)15-8-11(13(14)17)7-12(15)16;1-2;/h2-6,9,11H,7-8H2,1H3,(H2,14,17);2H,1H3;1H/t9-,11-;;/m1../s1. The molecule has 1 aromatic carbocycles. The van der Waals surface area contributed by atoms with Crippen LogP contribution in [0.5, 0.6) is 0 Å². The number of carbonyl (C=O) groups is 2. The molecule has 0 saturated carbocycles. The second-order valence-corrected chi connectivity index (χ2v) is 4.44. The zero-order chi connectivity index (χ0) is 14.4. The highest BCUT2D eigenvalue weighted by molar-refractivity contribution is 5.88. The normalized spacial score (nSPS) is 19.6. The molecule has 1 aliphatic heterocycles. The van der Waals surface area contributed by atoms with Gasteiger partial charge in [0.15, 0.2) is 0 Å². The summed E-state index contributed by atoms with van der Waals surface area (Å²) in [5, 5.41) is 7.00. The minimum Gasteiger partial charge on any atom is -0.400 e. The van der Waals surface area contributed by atoms with Gasteiger partial charge in [0.05, 0.1) is 12.0 Å². The third-order valence-corrected chi connectivity index (χ3v) is 3.31. The molecule has 0 aromatic heterocycles. The molecule has 1 fully saturated rings. The fourth-order valence-electron chi connectivity index (χ4n) is 2.21.